The van der Waals surface area contributed by atoms with Crippen molar-refractivity contribution in [3.8, 4) is 0 Å². The smallest absolute Gasteiger partial charge is 0.0349 e. The highest BCUT2D eigenvalue weighted by Gasteiger charge is 2.36. The van der Waals surface area contributed by atoms with Gasteiger partial charge in [-0.2, -0.15) is 0 Å². The fraction of sp³-hybridized carbons (Fsp3) is 0.867. The summed E-state index contributed by atoms with van der Waals surface area (Å²) in [5.41, 5.74) is 0. The Morgan fingerprint density at radius 2 is 1.73 bits per heavy atom. The zero-order valence-electron chi connectivity index (χ0n) is 10.6. The monoisotopic (exact) mass is 206 g/mol. The fourth-order valence-electron chi connectivity index (χ4n) is 3.81. The van der Waals surface area contributed by atoms with Gasteiger partial charge in [0.25, 0.3) is 0 Å². The Kier molecular flexibility index (Phi) is 3.74. The van der Waals surface area contributed by atoms with Gasteiger partial charge in [-0.15, -0.1) is 0 Å². The SMILES string of the molecule is CC(C)[C@@H]1CC[C@@H](C)C[C@@H]1C1C[CH][CH]C1. The van der Waals surface area contributed by atoms with E-state index in [1.165, 1.54) is 32.1 Å². The highest BCUT2D eigenvalue weighted by molar-refractivity contribution is 4.99. The summed E-state index contributed by atoms with van der Waals surface area (Å²) in [6, 6.07) is 0. The molecule has 0 heteroatoms. The summed E-state index contributed by atoms with van der Waals surface area (Å²) in [7, 11) is 0. The van der Waals surface area contributed by atoms with Gasteiger partial charge in [0.05, 0.1) is 0 Å². The second-order valence-corrected chi connectivity index (χ2v) is 6.19. The Bertz CT molecular complexity index is 188. The number of rotatable bonds is 2. The summed E-state index contributed by atoms with van der Waals surface area (Å²) in [5, 5.41) is 0. The van der Waals surface area contributed by atoms with Gasteiger partial charge >= 0.3 is 0 Å². The first kappa shape index (κ1) is 11.5. The largest absolute Gasteiger partial charge is 0.0625 e. The van der Waals surface area contributed by atoms with Gasteiger partial charge < -0.3 is 0 Å². The molecule has 0 heterocycles. The molecule has 3 atom stereocenters. The van der Waals surface area contributed by atoms with Crippen LogP contribution in [0.4, 0.5) is 0 Å². The van der Waals surface area contributed by atoms with Gasteiger partial charge in [-0.05, 0) is 68.1 Å². The molecule has 0 nitrogen and oxygen atoms in total. The standard InChI is InChI=1S/C15H26/c1-11(2)14-9-8-12(3)10-15(14)13-6-4-5-7-13/h4-5,11-15H,6-10H2,1-3H3/t12-,14+,15-/m1/s1. The van der Waals surface area contributed by atoms with Gasteiger partial charge in [-0.3, -0.25) is 0 Å². The van der Waals surface area contributed by atoms with Crippen LogP contribution < -0.4 is 0 Å². The van der Waals surface area contributed by atoms with Crippen LogP contribution in [-0.4, -0.2) is 0 Å². The fourth-order valence-corrected chi connectivity index (χ4v) is 3.81. The molecule has 2 radical (unpaired) electrons. The zero-order valence-corrected chi connectivity index (χ0v) is 10.6. The summed E-state index contributed by atoms with van der Waals surface area (Å²) in [6.07, 6.45) is 12.0. The van der Waals surface area contributed by atoms with E-state index < -0.39 is 0 Å². The Balaban J connectivity index is 2.01. The minimum Gasteiger partial charge on any atom is -0.0625 e. The molecule has 15 heavy (non-hydrogen) atoms. The summed E-state index contributed by atoms with van der Waals surface area (Å²) >= 11 is 0. The first-order chi connectivity index (χ1) is 7.18. The highest BCUT2D eigenvalue weighted by atomic mass is 14.4. The van der Waals surface area contributed by atoms with Gasteiger partial charge in [0.15, 0.2) is 0 Å². The van der Waals surface area contributed by atoms with Crippen LogP contribution in [0.5, 0.6) is 0 Å². The van der Waals surface area contributed by atoms with Crippen LogP contribution in [0.2, 0.25) is 0 Å². The van der Waals surface area contributed by atoms with Gasteiger partial charge in [-0.1, -0.05) is 27.2 Å². The zero-order chi connectivity index (χ0) is 10.8. The predicted molar refractivity (Wildman–Crippen MR) is 66.2 cm³/mol. The van der Waals surface area contributed by atoms with E-state index in [1.54, 1.807) is 0 Å². The third kappa shape index (κ3) is 2.57. The Morgan fingerprint density at radius 3 is 2.33 bits per heavy atom. The molecule has 0 aliphatic heterocycles. The summed E-state index contributed by atoms with van der Waals surface area (Å²) in [5.74, 6) is 4.88. The van der Waals surface area contributed by atoms with Gasteiger partial charge in [0, 0.05) is 0 Å². The highest BCUT2D eigenvalue weighted by Crippen LogP contribution is 2.46. The molecule has 0 aromatic carbocycles. The third-order valence-corrected chi connectivity index (χ3v) is 4.72. The van der Waals surface area contributed by atoms with Crippen LogP contribution in [0.3, 0.4) is 0 Å². The summed E-state index contributed by atoms with van der Waals surface area (Å²) < 4.78 is 0. The van der Waals surface area contributed by atoms with Crippen LogP contribution in [0, 0.1) is 42.4 Å². The maximum Gasteiger partial charge on any atom is -0.0349 e. The molecule has 0 aromatic heterocycles. The molecule has 0 amide bonds. The lowest BCUT2D eigenvalue weighted by Crippen LogP contribution is -2.32. The molecule has 0 bridgehead atoms. The second kappa shape index (κ2) is 4.89. The van der Waals surface area contributed by atoms with Gasteiger partial charge in [0.2, 0.25) is 0 Å². The molecule has 0 spiro atoms. The van der Waals surface area contributed by atoms with Crippen molar-refractivity contribution in [1.82, 2.24) is 0 Å². The first-order valence-corrected chi connectivity index (χ1v) is 6.83. The normalized spacial score (nSPS) is 38.8. The van der Waals surface area contributed by atoms with Crippen molar-refractivity contribution >= 4 is 0 Å². The van der Waals surface area contributed by atoms with Crippen molar-refractivity contribution in [3.63, 3.8) is 0 Å². The average molecular weight is 206 g/mol. The quantitative estimate of drug-likeness (QED) is 0.623. The van der Waals surface area contributed by atoms with Crippen LogP contribution in [0.1, 0.15) is 52.9 Å². The molecule has 0 unspecified atom stereocenters. The predicted octanol–water partition coefficient (Wildman–Crippen LogP) is 4.51. The molecular weight excluding hydrogens is 180 g/mol. The molecule has 86 valence electrons. The first-order valence-electron chi connectivity index (χ1n) is 6.83. The van der Waals surface area contributed by atoms with E-state index in [2.05, 4.69) is 33.6 Å². The van der Waals surface area contributed by atoms with Crippen molar-refractivity contribution in [1.29, 1.82) is 0 Å². The van der Waals surface area contributed by atoms with E-state index in [0.29, 0.717) is 0 Å². The maximum atomic E-state index is 2.45. The molecule has 2 rings (SSSR count). The lowest BCUT2D eigenvalue weighted by Gasteiger charge is -2.40. The molecule has 0 saturated heterocycles. The van der Waals surface area contributed by atoms with Crippen LogP contribution >= 0.6 is 0 Å². The van der Waals surface area contributed by atoms with Crippen LogP contribution in [0.25, 0.3) is 0 Å². The van der Waals surface area contributed by atoms with Crippen molar-refractivity contribution in [2.45, 2.75) is 52.9 Å². The minimum atomic E-state index is 0.892. The maximum absolute atomic E-state index is 2.45. The van der Waals surface area contributed by atoms with E-state index in [-0.39, 0.29) is 0 Å². The van der Waals surface area contributed by atoms with Gasteiger partial charge in [0.1, 0.15) is 0 Å². The average Bonchev–Trinajstić information content (AvgIpc) is 2.69. The summed E-state index contributed by atoms with van der Waals surface area (Å²) in [6.45, 7) is 7.30. The van der Waals surface area contributed by atoms with Crippen molar-refractivity contribution in [3.05, 3.63) is 12.8 Å². The molecular formula is C15H26. The Morgan fingerprint density at radius 1 is 1.07 bits per heavy atom. The lowest BCUT2D eigenvalue weighted by molar-refractivity contribution is 0.0964. The third-order valence-electron chi connectivity index (χ3n) is 4.72. The topological polar surface area (TPSA) is 0 Å². The van der Waals surface area contributed by atoms with Crippen LogP contribution in [0.15, 0.2) is 0 Å². The van der Waals surface area contributed by atoms with E-state index in [0.717, 1.165) is 29.6 Å². The van der Waals surface area contributed by atoms with E-state index in [1.807, 2.05) is 0 Å². The molecule has 2 fully saturated rings. The molecule has 0 aromatic rings. The Hall–Kier alpha value is 0. The molecule has 2 saturated carbocycles. The Labute approximate surface area is 95.8 Å². The van der Waals surface area contributed by atoms with E-state index >= 15 is 0 Å². The van der Waals surface area contributed by atoms with Crippen molar-refractivity contribution < 1.29 is 0 Å². The minimum absolute atomic E-state index is 0.892. The van der Waals surface area contributed by atoms with Gasteiger partial charge in [-0.25, -0.2) is 0 Å². The molecule has 2 aliphatic carbocycles. The van der Waals surface area contributed by atoms with Crippen molar-refractivity contribution in [2.75, 3.05) is 0 Å². The number of hydrogen-bond acceptors (Lipinski definition) is 0. The van der Waals surface area contributed by atoms with E-state index in [9.17, 15) is 0 Å². The second-order valence-electron chi connectivity index (χ2n) is 6.19. The molecule has 0 N–H and O–H groups in total. The number of hydrogen-bond donors (Lipinski definition) is 0. The van der Waals surface area contributed by atoms with Crippen LogP contribution in [-0.2, 0) is 0 Å². The van der Waals surface area contributed by atoms with E-state index in [4.69, 9.17) is 0 Å². The molecule has 2 aliphatic rings. The van der Waals surface area contributed by atoms with Crippen molar-refractivity contribution in [2.24, 2.45) is 29.6 Å². The summed E-state index contributed by atoms with van der Waals surface area (Å²) in [4.78, 5) is 0. The lowest BCUT2D eigenvalue weighted by atomic mass is 9.65.